The van der Waals surface area contributed by atoms with Gasteiger partial charge in [-0.3, -0.25) is 0 Å². The van der Waals surface area contributed by atoms with E-state index in [4.69, 9.17) is 17.0 Å². The van der Waals surface area contributed by atoms with Crippen molar-refractivity contribution in [1.29, 1.82) is 0 Å². The first-order chi connectivity index (χ1) is 14.2. The Morgan fingerprint density at radius 3 is 2.55 bits per heavy atom. The maximum Gasteiger partial charge on any atom is 0.216 e. The highest BCUT2D eigenvalue weighted by molar-refractivity contribution is 7.71. The summed E-state index contributed by atoms with van der Waals surface area (Å²) in [5.74, 6) is 1.48. The molecule has 0 saturated heterocycles. The Hall–Kier alpha value is -3.19. The highest BCUT2D eigenvalue weighted by Gasteiger charge is 2.09. The van der Waals surface area contributed by atoms with Gasteiger partial charge in [-0.1, -0.05) is 18.2 Å². The summed E-state index contributed by atoms with van der Waals surface area (Å²) in [6.45, 7) is 6.24. The zero-order chi connectivity index (χ0) is 20.6. The summed E-state index contributed by atoms with van der Waals surface area (Å²) in [6.07, 6.45) is 5.47. The van der Waals surface area contributed by atoms with Crippen molar-refractivity contribution in [2.75, 3.05) is 25.1 Å². The Kier molecular flexibility index (Phi) is 6.97. The number of benzene rings is 2. The Balaban J connectivity index is 1.82. The van der Waals surface area contributed by atoms with Gasteiger partial charge in [0.15, 0.2) is 5.82 Å². The topological polar surface area (TPSA) is 58.4 Å². The van der Waals surface area contributed by atoms with Crippen molar-refractivity contribution in [2.45, 2.75) is 13.8 Å². The molecule has 1 aromatic heterocycles. The Bertz CT molecular complexity index is 1050. The first kappa shape index (κ1) is 20.5. The van der Waals surface area contributed by atoms with Gasteiger partial charge in [0.2, 0.25) is 4.77 Å². The summed E-state index contributed by atoms with van der Waals surface area (Å²) in [7, 11) is 1.66. The fourth-order valence-corrected chi connectivity index (χ4v) is 3.23. The van der Waals surface area contributed by atoms with E-state index in [0.717, 1.165) is 30.0 Å². The van der Waals surface area contributed by atoms with Crippen LogP contribution in [0.1, 0.15) is 19.4 Å². The maximum atomic E-state index is 5.35. The highest BCUT2D eigenvalue weighted by atomic mass is 32.1. The van der Waals surface area contributed by atoms with Crippen LogP contribution in [0.25, 0.3) is 17.5 Å². The second-order valence-electron chi connectivity index (χ2n) is 6.25. The van der Waals surface area contributed by atoms with E-state index in [9.17, 15) is 0 Å². The van der Waals surface area contributed by atoms with Gasteiger partial charge in [0.05, 0.1) is 7.11 Å². The smallest absolute Gasteiger partial charge is 0.216 e. The third kappa shape index (κ3) is 4.81. The Morgan fingerprint density at radius 2 is 1.86 bits per heavy atom. The van der Waals surface area contributed by atoms with Crippen molar-refractivity contribution in [3.05, 3.63) is 64.9 Å². The van der Waals surface area contributed by atoms with Crippen molar-refractivity contribution in [3.8, 4) is 17.1 Å². The summed E-state index contributed by atoms with van der Waals surface area (Å²) < 4.78 is 7.41. The number of hydrogen-bond donors (Lipinski definition) is 1. The number of ether oxygens (including phenoxy) is 1. The number of hydrogen-bond acceptors (Lipinski definition) is 5. The van der Waals surface area contributed by atoms with Gasteiger partial charge in [-0.15, -0.1) is 0 Å². The molecule has 6 nitrogen and oxygen atoms in total. The molecule has 2 aromatic carbocycles. The van der Waals surface area contributed by atoms with Crippen LogP contribution < -0.4 is 9.64 Å². The Morgan fingerprint density at radius 1 is 1.14 bits per heavy atom. The number of para-hydroxylation sites is 1. The molecular formula is C22H25N5OS. The molecule has 0 spiro atoms. The monoisotopic (exact) mass is 407 g/mol. The number of nitrogens with one attached hydrogen (secondary N) is 1. The molecule has 0 atom stereocenters. The minimum absolute atomic E-state index is 0.440. The number of aromatic nitrogens is 3. The Labute approximate surface area is 176 Å². The maximum absolute atomic E-state index is 5.35. The molecule has 1 heterocycles. The zero-order valence-electron chi connectivity index (χ0n) is 16.9. The highest BCUT2D eigenvalue weighted by Crippen LogP contribution is 2.22. The molecule has 0 aliphatic rings. The SMILES string of the molecule is CCN(CC)c1ccc(-c2n[nH]c(=S)n2N=CC=Cc2ccccc2OC)cc1. The van der Waals surface area contributed by atoms with Crippen molar-refractivity contribution in [2.24, 2.45) is 5.10 Å². The van der Waals surface area contributed by atoms with Crippen molar-refractivity contribution >= 4 is 30.2 Å². The number of nitrogens with zero attached hydrogens (tertiary/aromatic N) is 4. The van der Waals surface area contributed by atoms with Gasteiger partial charge < -0.3 is 9.64 Å². The van der Waals surface area contributed by atoms with Crippen LogP contribution in [0.4, 0.5) is 5.69 Å². The molecule has 1 N–H and O–H groups in total. The van der Waals surface area contributed by atoms with Gasteiger partial charge in [0.1, 0.15) is 5.75 Å². The van der Waals surface area contributed by atoms with E-state index in [1.54, 1.807) is 18.0 Å². The standard InChI is InChI=1S/C22H25N5OS/c1-4-26(5-2)19-14-12-18(13-15-19)21-24-25-22(29)27(21)23-16-8-10-17-9-6-7-11-20(17)28-3/h6-16H,4-5H2,1-3H3,(H,25,29). The molecule has 3 rings (SSSR count). The van der Waals surface area contributed by atoms with Crippen LogP contribution in [0, 0.1) is 4.77 Å². The van der Waals surface area contributed by atoms with E-state index in [2.05, 4.69) is 46.2 Å². The second-order valence-corrected chi connectivity index (χ2v) is 6.64. The van der Waals surface area contributed by atoms with Gasteiger partial charge in [0, 0.05) is 36.1 Å². The molecule has 150 valence electrons. The summed E-state index contributed by atoms with van der Waals surface area (Å²) in [6, 6.07) is 16.1. The summed E-state index contributed by atoms with van der Waals surface area (Å²) in [4.78, 5) is 2.29. The van der Waals surface area contributed by atoms with Crippen LogP contribution in [0.3, 0.4) is 0 Å². The third-order valence-electron chi connectivity index (χ3n) is 4.59. The molecule has 29 heavy (non-hydrogen) atoms. The molecule has 0 aliphatic carbocycles. The fraction of sp³-hybridized carbons (Fsp3) is 0.227. The molecule has 3 aromatic rings. The first-order valence-corrected chi connectivity index (χ1v) is 9.95. The molecule has 0 unspecified atom stereocenters. The minimum atomic E-state index is 0.440. The molecule has 0 aliphatic heterocycles. The van der Waals surface area contributed by atoms with Crippen LogP contribution in [-0.4, -0.2) is 41.3 Å². The number of anilines is 1. The average Bonchev–Trinajstić information content (AvgIpc) is 3.13. The van der Waals surface area contributed by atoms with E-state index in [0.29, 0.717) is 10.6 Å². The zero-order valence-corrected chi connectivity index (χ0v) is 17.7. The van der Waals surface area contributed by atoms with Crippen molar-refractivity contribution < 1.29 is 4.74 Å². The van der Waals surface area contributed by atoms with E-state index < -0.39 is 0 Å². The molecule has 0 amide bonds. The van der Waals surface area contributed by atoms with Crippen LogP contribution in [0.5, 0.6) is 5.75 Å². The summed E-state index contributed by atoms with van der Waals surface area (Å²) >= 11 is 5.34. The van der Waals surface area contributed by atoms with E-state index >= 15 is 0 Å². The van der Waals surface area contributed by atoms with E-state index in [1.807, 2.05) is 48.6 Å². The van der Waals surface area contributed by atoms with Crippen molar-refractivity contribution in [3.63, 3.8) is 0 Å². The van der Waals surface area contributed by atoms with E-state index in [1.165, 1.54) is 5.69 Å². The number of aromatic amines is 1. The van der Waals surface area contributed by atoms with Crippen LogP contribution >= 0.6 is 12.2 Å². The van der Waals surface area contributed by atoms with Gasteiger partial charge in [-0.25, -0.2) is 5.10 Å². The molecule has 7 heteroatoms. The van der Waals surface area contributed by atoms with Crippen molar-refractivity contribution in [1.82, 2.24) is 14.9 Å². The number of H-pyrrole nitrogens is 1. The lowest BCUT2D eigenvalue weighted by Crippen LogP contribution is -2.21. The predicted molar refractivity (Wildman–Crippen MR) is 122 cm³/mol. The molecular weight excluding hydrogens is 382 g/mol. The van der Waals surface area contributed by atoms with Gasteiger partial charge in [-0.05, 0) is 68.5 Å². The number of methoxy groups -OCH3 is 1. The van der Waals surface area contributed by atoms with Crippen LogP contribution in [-0.2, 0) is 0 Å². The lowest BCUT2D eigenvalue weighted by molar-refractivity contribution is 0.414. The lowest BCUT2D eigenvalue weighted by atomic mass is 10.2. The fourth-order valence-electron chi connectivity index (χ4n) is 3.05. The minimum Gasteiger partial charge on any atom is -0.496 e. The number of allylic oxidation sites excluding steroid dienone is 1. The third-order valence-corrected chi connectivity index (χ3v) is 4.85. The largest absolute Gasteiger partial charge is 0.496 e. The molecule has 0 bridgehead atoms. The summed E-state index contributed by atoms with van der Waals surface area (Å²) in [5, 5.41) is 11.6. The van der Waals surface area contributed by atoms with Crippen LogP contribution in [0.2, 0.25) is 0 Å². The normalized spacial score (nSPS) is 11.4. The number of rotatable bonds is 8. The van der Waals surface area contributed by atoms with Gasteiger partial charge in [-0.2, -0.15) is 14.9 Å². The molecule has 0 saturated carbocycles. The second kappa shape index (κ2) is 9.84. The quantitative estimate of drug-likeness (QED) is 0.421. The molecule has 0 radical (unpaired) electrons. The van der Waals surface area contributed by atoms with Gasteiger partial charge >= 0.3 is 0 Å². The first-order valence-electron chi connectivity index (χ1n) is 9.54. The van der Waals surface area contributed by atoms with E-state index in [-0.39, 0.29) is 0 Å². The lowest BCUT2D eigenvalue weighted by Gasteiger charge is -2.20. The van der Waals surface area contributed by atoms with Gasteiger partial charge in [0.25, 0.3) is 0 Å². The van der Waals surface area contributed by atoms with Crippen LogP contribution in [0.15, 0.2) is 59.7 Å². The average molecular weight is 408 g/mol. The predicted octanol–water partition coefficient (Wildman–Crippen LogP) is 5.01. The molecule has 0 fully saturated rings. The summed E-state index contributed by atoms with van der Waals surface area (Å²) in [5.41, 5.74) is 3.10.